The molecule has 4 nitrogen and oxygen atoms in total. The van der Waals surface area contributed by atoms with Crippen molar-refractivity contribution in [2.75, 3.05) is 0 Å². The Labute approximate surface area is 141 Å². The molecule has 0 radical (unpaired) electrons. The van der Waals surface area contributed by atoms with E-state index in [9.17, 15) is 9.59 Å². The molecule has 1 unspecified atom stereocenters. The molecule has 1 aromatic heterocycles. The average molecular weight is 324 g/mol. The van der Waals surface area contributed by atoms with Gasteiger partial charge in [-0.05, 0) is 31.2 Å². The van der Waals surface area contributed by atoms with Gasteiger partial charge in [0.25, 0.3) is 5.56 Å². The second kappa shape index (κ2) is 5.47. The van der Waals surface area contributed by atoms with Crippen molar-refractivity contribution in [3.8, 4) is 11.3 Å². The first kappa shape index (κ1) is 15.4. The minimum atomic E-state index is -0.249. The molecule has 1 saturated carbocycles. The zero-order valence-corrected chi connectivity index (χ0v) is 14.4. The fourth-order valence-corrected chi connectivity index (χ4v) is 4.53. The van der Waals surface area contributed by atoms with Crippen molar-refractivity contribution in [3.05, 3.63) is 56.2 Å². The van der Waals surface area contributed by atoms with Crippen molar-refractivity contribution < 1.29 is 0 Å². The normalized spacial score (nSPS) is 23.1. The van der Waals surface area contributed by atoms with Gasteiger partial charge >= 0.3 is 5.69 Å². The van der Waals surface area contributed by atoms with Crippen molar-refractivity contribution in [1.29, 1.82) is 0 Å². The van der Waals surface area contributed by atoms with Gasteiger partial charge < -0.3 is 4.98 Å². The molecule has 0 spiro atoms. The topological polar surface area (TPSA) is 54.9 Å². The number of fused-ring (bicyclic) bond motifs is 3. The molecule has 2 aliphatic rings. The van der Waals surface area contributed by atoms with E-state index < -0.39 is 0 Å². The maximum Gasteiger partial charge on any atom is 0.329 e. The molecule has 1 atom stereocenters. The van der Waals surface area contributed by atoms with Crippen LogP contribution in [0.4, 0.5) is 0 Å². The lowest BCUT2D eigenvalue weighted by Crippen LogP contribution is -2.45. The molecule has 1 heterocycles. The summed E-state index contributed by atoms with van der Waals surface area (Å²) < 4.78 is 1.51. The van der Waals surface area contributed by atoms with Crippen LogP contribution in [-0.2, 0) is 11.8 Å². The molecular formula is C20H24N2O2. The number of hydrogen-bond acceptors (Lipinski definition) is 2. The highest BCUT2D eigenvalue weighted by Gasteiger charge is 2.38. The maximum absolute atomic E-state index is 13.3. The lowest BCUT2D eigenvalue weighted by atomic mass is 9.69. The number of aromatic nitrogens is 2. The molecule has 1 N–H and O–H groups in total. The van der Waals surface area contributed by atoms with Crippen LogP contribution in [0, 0.1) is 0 Å². The standard InChI is InChI=1S/C20H24N2O2/c1-3-20(2)12-13-8-4-7-11-15(13)17-16(20)18(23)22(19(24)21-17)14-9-5-6-10-14/h4,7-8,11,14H,3,5-6,9-10,12H2,1-2H3,(H,21,24). The van der Waals surface area contributed by atoms with Gasteiger partial charge in [-0.1, -0.05) is 51.0 Å². The first-order valence-corrected chi connectivity index (χ1v) is 9.03. The zero-order valence-electron chi connectivity index (χ0n) is 14.4. The third kappa shape index (κ3) is 2.12. The quantitative estimate of drug-likeness (QED) is 0.918. The number of nitrogens with zero attached hydrogens (tertiary/aromatic N) is 1. The molecular weight excluding hydrogens is 300 g/mol. The summed E-state index contributed by atoms with van der Waals surface area (Å²) in [4.78, 5) is 29.1. The molecule has 0 aliphatic heterocycles. The lowest BCUT2D eigenvalue weighted by Gasteiger charge is -2.36. The van der Waals surface area contributed by atoms with Crippen molar-refractivity contribution in [1.82, 2.24) is 9.55 Å². The molecule has 0 amide bonds. The molecule has 0 bridgehead atoms. The Morgan fingerprint density at radius 1 is 1.21 bits per heavy atom. The van der Waals surface area contributed by atoms with Gasteiger partial charge in [-0.2, -0.15) is 0 Å². The Kier molecular flexibility index (Phi) is 3.52. The molecule has 4 heteroatoms. The Balaban J connectivity index is 2.04. The second-order valence-corrected chi connectivity index (χ2v) is 7.54. The van der Waals surface area contributed by atoms with Gasteiger partial charge in [0.05, 0.1) is 5.69 Å². The van der Waals surface area contributed by atoms with E-state index in [1.54, 1.807) is 0 Å². The van der Waals surface area contributed by atoms with Gasteiger partial charge in [0, 0.05) is 22.6 Å². The fraction of sp³-hybridized carbons (Fsp3) is 0.500. The third-order valence-corrected chi connectivity index (χ3v) is 6.07. The summed E-state index contributed by atoms with van der Waals surface area (Å²) in [6.07, 6.45) is 5.78. The van der Waals surface area contributed by atoms with Crippen LogP contribution in [0.3, 0.4) is 0 Å². The van der Waals surface area contributed by atoms with Gasteiger partial charge in [0.15, 0.2) is 0 Å². The molecule has 24 heavy (non-hydrogen) atoms. The predicted octanol–water partition coefficient (Wildman–Crippen LogP) is 3.54. The smallest absolute Gasteiger partial charge is 0.306 e. The monoisotopic (exact) mass is 324 g/mol. The van der Waals surface area contributed by atoms with Crippen LogP contribution >= 0.6 is 0 Å². The number of aromatic amines is 1. The summed E-state index contributed by atoms with van der Waals surface area (Å²) in [7, 11) is 0. The Bertz CT molecular complexity index is 903. The molecule has 4 rings (SSSR count). The van der Waals surface area contributed by atoms with Crippen molar-refractivity contribution in [3.63, 3.8) is 0 Å². The summed E-state index contributed by atoms with van der Waals surface area (Å²) in [5.74, 6) is 0. The molecule has 1 fully saturated rings. The average Bonchev–Trinajstić information content (AvgIpc) is 3.08. The molecule has 126 valence electrons. The van der Waals surface area contributed by atoms with E-state index in [4.69, 9.17) is 0 Å². The SMILES string of the molecule is CCC1(C)Cc2ccccc2-c2[nH]c(=O)n(C3CCCC3)c(=O)c21. The van der Waals surface area contributed by atoms with E-state index in [-0.39, 0.29) is 22.7 Å². The molecule has 1 aromatic carbocycles. The summed E-state index contributed by atoms with van der Waals surface area (Å²) in [6.45, 7) is 4.28. The molecule has 2 aromatic rings. The van der Waals surface area contributed by atoms with E-state index >= 15 is 0 Å². The first-order valence-electron chi connectivity index (χ1n) is 9.03. The van der Waals surface area contributed by atoms with Crippen LogP contribution in [0.25, 0.3) is 11.3 Å². The first-order chi connectivity index (χ1) is 11.5. The maximum atomic E-state index is 13.3. The largest absolute Gasteiger partial charge is 0.329 e. The second-order valence-electron chi connectivity index (χ2n) is 7.54. The van der Waals surface area contributed by atoms with Crippen molar-refractivity contribution in [2.24, 2.45) is 0 Å². The van der Waals surface area contributed by atoms with E-state index in [1.165, 1.54) is 10.1 Å². The fourth-order valence-electron chi connectivity index (χ4n) is 4.53. The van der Waals surface area contributed by atoms with Gasteiger partial charge in [-0.3, -0.25) is 9.36 Å². The Morgan fingerprint density at radius 3 is 2.62 bits per heavy atom. The minimum absolute atomic E-state index is 0.0600. The van der Waals surface area contributed by atoms with E-state index in [0.29, 0.717) is 0 Å². The lowest BCUT2D eigenvalue weighted by molar-refractivity contribution is 0.415. The molecule has 2 aliphatic carbocycles. The van der Waals surface area contributed by atoms with Crippen LogP contribution in [0.2, 0.25) is 0 Å². The Hall–Kier alpha value is -2.10. The van der Waals surface area contributed by atoms with Crippen LogP contribution in [0.5, 0.6) is 0 Å². The molecule has 0 saturated heterocycles. The number of benzene rings is 1. The van der Waals surface area contributed by atoms with Gasteiger partial charge in [-0.15, -0.1) is 0 Å². The zero-order chi connectivity index (χ0) is 16.9. The summed E-state index contributed by atoms with van der Waals surface area (Å²) in [5.41, 5.74) is 3.21. The number of H-pyrrole nitrogens is 1. The van der Waals surface area contributed by atoms with Gasteiger partial charge in [0.1, 0.15) is 0 Å². The predicted molar refractivity (Wildman–Crippen MR) is 95.6 cm³/mol. The van der Waals surface area contributed by atoms with Crippen molar-refractivity contribution >= 4 is 0 Å². The third-order valence-electron chi connectivity index (χ3n) is 6.07. The van der Waals surface area contributed by atoms with Crippen molar-refractivity contribution in [2.45, 2.75) is 63.8 Å². The summed E-state index contributed by atoms with van der Waals surface area (Å²) >= 11 is 0. The minimum Gasteiger partial charge on any atom is -0.306 e. The highest BCUT2D eigenvalue weighted by Crippen LogP contribution is 2.42. The van der Waals surface area contributed by atoms with Crippen LogP contribution in [0.1, 0.15) is 63.1 Å². The van der Waals surface area contributed by atoms with E-state index in [0.717, 1.165) is 55.3 Å². The Morgan fingerprint density at radius 2 is 1.92 bits per heavy atom. The van der Waals surface area contributed by atoms with E-state index in [2.05, 4.69) is 24.9 Å². The van der Waals surface area contributed by atoms with Crippen LogP contribution in [-0.4, -0.2) is 9.55 Å². The highest BCUT2D eigenvalue weighted by atomic mass is 16.2. The number of nitrogens with one attached hydrogen (secondary N) is 1. The summed E-state index contributed by atoms with van der Waals surface area (Å²) in [6, 6.07) is 8.17. The number of rotatable bonds is 2. The highest BCUT2D eigenvalue weighted by molar-refractivity contribution is 5.71. The summed E-state index contributed by atoms with van der Waals surface area (Å²) in [5, 5.41) is 0. The van der Waals surface area contributed by atoms with Gasteiger partial charge in [0.2, 0.25) is 0 Å². The van der Waals surface area contributed by atoms with Crippen LogP contribution in [0.15, 0.2) is 33.9 Å². The number of hydrogen-bond donors (Lipinski definition) is 1. The van der Waals surface area contributed by atoms with Gasteiger partial charge in [-0.25, -0.2) is 4.79 Å². The van der Waals surface area contributed by atoms with E-state index in [1.807, 2.05) is 18.2 Å². The van der Waals surface area contributed by atoms with Crippen LogP contribution < -0.4 is 11.2 Å².